The highest BCUT2D eigenvalue weighted by molar-refractivity contribution is 8.03. The van der Waals surface area contributed by atoms with E-state index in [1.807, 2.05) is 12.1 Å². The molecule has 0 saturated carbocycles. The molecule has 0 aliphatic heterocycles. The zero-order valence-corrected chi connectivity index (χ0v) is 12.5. The minimum atomic E-state index is -0.203. The van der Waals surface area contributed by atoms with E-state index in [0.717, 1.165) is 27.0 Å². The Balaban J connectivity index is 1.80. The number of hydrogen-bond donors (Lipinski definition) is 1. The van der Waals surface area contributed by atoms with Crippen LogP contribution in [0.3, 0.4) is 0 Å². The lowest BCUT2D eigenvalue weighted by Crippen LogP contribution is -1.90. The number of thioether (sulfide) groups is 2. The zero-order chi connectivity index (χ0) is 13.7. The summed E-state index contributed by atoms with van der Waals surface area (Å²) in [5, 5.41) is 0.697. The molecule has 19 heavy (non-hydrogen) atoms. The summed E-state index contributed by atoms with van der Waals surface area (Å²) in [6.45, 7) is 0. The van der Waals surface area contributed by atoms with Crippen LogP contribution in [0, 0.1) is 5.82 Å². The first-order chi connectivity index (χ1) is 9.15. The second-order valence-electron chi connectivity index (χ2n) is 3.83. The largest absolute Gasteiger partial charge is 0.398 e. The molecule has 0 bridgehead atoms. The van der Waals surface area contributed by atoms with Crippen LogP contribution in [0.25, 0.3) is 0 Å². The molecule has 5 heteroatoms. The Morgan fingerprint density at radius 1 is 1.00 bits per heavy atom. The summed E-state index contributed by atoms with van der Waals surface area (Å²) in [4.78, 5) is 2.08. The summed E-state index contributed by atoms with van der Waals surface area (Å²) < 4.78 is 12.7. The first-order valence-electron chi connectivity index (χ1n) is 5.71. The smallest absolute Gasteiger partial charge is 0.123 e. The average Bonchev–Trinajstić information content (AvgIpc) is 2.40. The van der Waals surface area contributed by atoms with E-state index < -0.39 is 0 Å². The van der Waals surface area contributed by atoms with Gasteiger partial charge in [-0.25, -0.2) is 4.39 Å². The minimum absolute atomic E-state index is 0.203. The van der Waals surface area contributed by atoms with Crippen molar-refractivity contribution in [2.75, 3.05) is 17.2 Å². The second-order valence-corrected chi connectivity index (χ2v) is 6.57. The summed E-state index contributed by atoms with van der Waals surface area (Å²) in [6.07, 6.45) is 0. The molecule has 100 valence electrons. The molecule has 0 spiro atoms. The maximum Gasteiger partial charge on any atom is 0.123 e. The third-order valence-electron chi connectivity index (χ3n) is 2.40. The molecular formula is C14H13ClFNS2. The van der Waals surface area contributed by atoms with E-state index in [9.17, 15) is 4.39 Å². The molecule has 2 aromatic carbocycles. The van der Waals surface area contributed by atoms with Crippen molar-refractivity contribution in [1.82, 2.24) is 0 Å². The fraction of sp³-hybridized carbons (Fsp3) is 0.143. The Morgan fingerprint density at radius 2 is 1.68 bits per heavy atom. The fourth-order valence-corrected chi connectivity index (χ4v) is 3.61. The van der Waals surface area contributed by atoms with Crippen molar-refractivity contribution in [2.45, 2.75) is 9.79 Å². The summed E-state index contributed by atoms with van der Waals surface area (Å²) in [5.41, 5.74) is 6.62. The highest BCUT2D eigenvalue weighted by Crippen LogP contribution is 2.29. The molecule has 0 fully saturated rings. The zero-order valence-electron chi connectivity index (χ0n) is 10.1. The summed E-state index contributed by atoms with van der Waals surface area (Å²) >= 11 is 9.31. The first-order valence-corrected chi connectivity index (χ1v) is 8.06. The highest BCUT2D eigenvalue weighted by atomic mass is 35.5. The van der Waals surface area contributed by atoms with Crippen LogP contribution >= 0.6 is 35.1 Å². The molecule has 0 heterocycles. The number of benzene rings is 2. The normalized spacial score (nSPS) is 10.6. The SMILES string of the molecule is Nc1ccc(Cl)cc1SCCSc1ccc(F)cc1. The summed E-state index contributed by atoms with van der Waals surface area (Å²) in [6, 6.07) is 12.0. The molecule has 0 amide bonds. The molecule has 0 radical (unpaired) electrons. The molecule has 0 aliphatic rings. The van der Waals surface area contributed by atoms with Gasteiger partial charge in [-0.3, -0.25) is 0 Å². The van der Waals surface area contributed by atoms with Crippen LogP contribution < -0.4 is 5.73 Å². The van der Waals surface area contributed by atoms with Crippen LogP contribution in [0.2, 0.25) is 5.02 Å². The molecular weight excluding hydrogens is 301 g/mol. The molecule has 0 unspecified atom stereocenters. The maximum absolute atomic E-state index is 12.7. The van der Waals surface area contributed by atoms with Crippen LogP contribution in [0.4, 0.5) is 10.1 Å². The number of nitrogen functional groups attached to an aromatic ring is 1. The quantitative estimate of drug-likeness (QED) is 0.481. The van der Waals surface area contributed by atoms with Gasteiger partial charge >= 0.3 is 0 Å². The number of hydrogen-bond acceptors (Lipinski definition) is 3. The third-order valence-corrected chi connectivity index (χ3v) is 4.98. The van der Waals surface area contributed by atoms with Gasteiger partial charge in [0, 0.05) is 32.0 Å². The Hall–Kier alpha value is -0.840. The van der Waals surface area contributed by atoms with Crippen LogP contribution in [0.15, 0.2) is 52.3 Å². The topological polar surface area (TPSA) is 26.0 Å². The van der Waals surface area contributed by atoms with Crippen molar-refractivity contribution in [2.24, 2.45) is 0 Å². The van der Waals surface area contributed by atoms with Crippen LogP contribution in [-0.4, -0.2) is 11.5 Å². The van der Waals surface area contributed by atoms with E-state index in [2.05, 4.69) is 0 Å². The van der Waals surface area contributed by atoms with Gasteiger partial charge in [0.15, 0.2) is 0 Å². The van der Waals surface area contributed by atoms with Crippen LogP contribution in [-0.2, 0) is 0 Å². The molecule has 2 aromatic rings. The molecule has 2 N–H and O–H groups in total. The predicted molar refractivity (Wildman–Crippen MR) is 83.7 cm³/mol. The predicted octanol–water partition coefficient (Wildman–Crippen LogP) is 4.95. The van der Waals surface area contributed by atoms with Gasteiger partial charge < -0.3 is 5.73 Å². The third kappa shape index (κ3) is 4.64. The van der Waals surface area contributed by atoms with Crippen molar-refractivity contribution in [3.63, 3.8) is 0 Å². The molecule has 0 aliphatic carbocycles. The molecule has 1 nitrogen and oxygen atoms in total. The van der Waals surface area contributed by atoms with Crippen LogP contribution in [0.5, 0.6) is 0 Å². The standard InChI is InChI=1S/C14H13ClFNS2/c15-10-1-6-13(17)14(9-10)19-8-7-18-12-4-2-11(16)3-5-12/h1-6,9H,7-8,17H2. The average molecular weight is 314 g/mol. The lowest BCUT2D eigenvalue weighted by molar-refractivity contribution is 0.626. The van der Waals surface area contributed by atoms with Gasteiger partial charge in [-0.05, 0) is 42.5 Å². The molecule has 2 rings (SSSR count). The molecule has 0 aromatic heterocycles. The van der Waals surface area contributed by atoms with Gasteiger partial charge in [0.25, 0.3) is 0 Å². The monoisotopic (exact) mass is 313 g/mol. The van der Waals surface area contributed by atoms with Crippen molar-refractivity contribution >= 4 is 40.8 Å². The van der Waals surface area contributed by atoms with E-state index in [4.69, 9.17) is 17.3 Å². The van der Waals surface area contributed by atoms with E-state index in [1.54, 1.807) is 41.7 Å². The van der Waals surface area contributed by atoms with Gasteiger partial charge in [-0.15, -0.1) is 23.5 Å². The number of rotatable bonds is 5. The Kier molecular flexibility index (Phi) is 5.43. The number of halogens is 2. The summed E-state index contributed by atoms with van der Waals surface area (Å²) in [7, 11) is 0. The minimum Gasteiger partial charge on any atom is -0.398 e. The highest BCUT2D eigenvalue weighted by Gasteiger charge is 2.01. The Bertz CT molecular complexity index is 546. The van der Waals surface area contributed by atoms with Gasteiger partial charge in [0.1, 0.15) is 5.82 Å². The van der Waals surface area contributed by atoms with Crippen molar-refractivity contribution in [3.05, 3.63) is 53.3 Å². The first kappa shape index (κ1) is 14.6. The fourth-order valence-electron chi connectivity index (χ4n) is 1.48. The number of anilines is 1. The van der Waals surface area contributed by atoms with E-state index >= 15 is 0 Å². The van der Waals surface area contributed by atoms with Crippen molar-refractivity contribution in [3.8, 4) is 0 Å². The molecule has 0 atom stereocenters. The summed E-state index contributed by atoms with van der Waals surface area (Å²) in [5.74, 6) is 1.65. The van der Waals surface area contributed by atoms with Gasteiger partial charge in [0.05, 0.1) is 0 Å². The van der Waals surface area contributed by atoms with E-state index in [-0.39, 0.29) is 5.82 Å². The van der Waals surface area contributed by atoms with E-state index in [1.165, 1.54) is 12.1 Å². The van der Waals surface area contributed by atoms with Crippen LogP contribution in [0.1, 0.15) is 0 Å². The van der Waals surface area contributed by atoms with Gasteiger partial charge in [-0.1, -0.05) is 11.6 Å². The maximum atomic E-state index is 12.7. The van der Waals surface area contributed by atoms with E-state index in [0.29, 0.717) is 5.02 Å². The Morgan fingerprint density at radius 3 is 2.42 bits per heavy atom. The Labute approximate surface area is 125 Å². The number of nitrogens with two attached hydrogens (primary N) is 1. The van der Waals surface area contributed by atoms with Crippen molar-refractivity contribution < 1.29 is 4.39 Å². The van der Waals surface area contributed by atoms with Gasteiger partial charge in [0.2, 0.25) is 0 Å². The van der Waals surface area contributed by atoms with Gasteiger partial charge in [-0.2, -0.15) is 0 Å². The van der Waals surface area contributed by atoms with Crippen molar-refractivity contribution in [1.29, 1.82) is 0 Å². The lowest BCUT2D eigenvalue weighted by atomic mass is 10.3. The lowest BCUT2D eigenvalue weighted by Gasteiger charge is -2.06. The molecule has 0 saturated heterocycles. The second kappa shape index (κ2) is 7.08.